The van der Waals surface area contributed by atoms with Crippen molar-refractivity contribution in [3.05, 3.63) is 53.3 Å². The van der Waals surface area contributed by atoms with Gasteiger partial charge in [-0.3, -0.25) is 14.4 Å². The molecule has 0 unspecified atom stereocenters. The molecule has 0 atom stereocenters. The number of likely N-dealkylation sites (tertiary alicyclic amines) is 1. The van der Waals surface area contributed by atoms with Gasteiger partial charge in [-0.05, 0) is 37.5 Å². The van der Waals surface area contributed by atoms with Gasteiger partial charge in [0, 0.05) is 38.1 Å². The average molecular weight is 379 g/mol. The molecule has 1 aliphatic heterocycles. The summed E-state index contributed by atoms with van der Waals surface area (Å²) in [5.41, 5.74) is 3.93. The van der Waals surface area contributed by atoms with Crippen molar-refractivity contribution < 1.29 is 9.90 Å². The minimum atomic E-state index is -0.192. The second kappa shape index (κ2) is 7.69. The Labute approximate surface area is 164 Å². The number of benzene rings is 1. The van der Waals surface area contributed by atoms with Crippen molar-refractivity contribution in [2.24, 2.45) is 7.05 Å². The Balaban J connectivity index is 1.57. The molecule has 28 heavy (non-hydrogen) atoms. The number of hydrogen-bond acceptors (Lipinski definition) is 5. The summed E-state index contributed by atoms with van der Waals surface area (Å²) in [6.45, 7) is 4.36. The number of aryl methyl sites for hydroxylation is 2. The molecular weight excluding hydrogens is 354 g/mol. The summed E-state index contributed by atoms with van der Waals surface area (Å²) in [5.74, 6) is -0.162. The first kappa shape index (κ1) is 18.6. The van der Waals surface area contributed by atoms with Crippen molar-refractivity contribution in [3.8, 4) is 0 Å². The predicted octanol–water partition coefficient (Wildman–Crippen LogP) is 2.49. The van der Waals surface area contributed by atoms with Gasteiger partial charge in [-0.25, -0.2) is 4.98 Å². The number of hydrogen-bond donors (Lipinski definition) is 2. The monoisotopic (exact) mass is 379 g/mol. The lowest BCUT2D eigenvalue weighted by molar-refractivity contribution is 0.0793. The standard InChI is InChI=1S/C21H25N5O2/c1-14-11-17(18-12-22-25(2)20(18)23-14)21(28)24-19-6-4-3-5-15(19)13-26-9-7-16(27)8-10-26/h3-6,11-12,16,27H,7-10,13H2,1-2H3,(H,24,28). The molecule has 4 rings (SSSR count). The molecule has 146 valence electrons. The topological polar surface area (TPSA) is 83.3 Å². The second-order valence-corrected chi connectivity index (χ2v) is 7.44. The summed E-state index contributed by atoms with van der Waals surface area (Å²) >= 11 is 0. The highest BCUT2D eigenvalue weighted by Gasteiger charge is 2.19. The molecule has 1 aliphatic rings. The Morgan fingerprint density at radius 2 is 2.04 bits per heavy atom. The molecule has 7 heteroatoms. The van der Waals surface area contributed by atoms with Crippen molar-refractivity contribution >= 4 is 22.6 Å². The summed E-state index contributed by atoms with van der Waals surface area (Å²) in [6, 6.07) is 9.68. The number of para-hydroxylation sites is 1. The van der Waals surface area contributed by atoms with E-state index in [9.17, 15) is 9.90 Å². The molecule has 0 bridgehead atoms. The van der Waals surface area contributed by atoms with Gasteiger partial charge in [0.15, 0.2) is 5.65 Å². The maximum Gasteiger partial charge on any atom is 0.256 e. The van der Waals surface area contributed by atoms with E-state index in [-0.39, 0.29) is 12.0 Å². The molecule has 7 nitrogen and oxygen atoms in total. The zero-order valence-corrected chi connectivity index (χ0v) is 16.2. The highest BCUT2D eigenvalue weighted by molar-refractivity contribution is 6.12. The van der Waals surface area contributed by atoms with E-state index in [2.05, 4.69) is 20.3 Å². The number of nitrogens with one attached hydrogen (secondary N) is 1. The van der Waals surface area contributed by atoms with Crippen LogP contribution in [0.5, 0.6) is 0 Å². The minimum absolute atomic E-state index is 0.162. The van der Waals surface area contributed by atoms with E-state index >= 15 is 0 Å². The van der Waals surface area contributed by atoms with Gasteiger partial charge >= 0.3 is 0 Å². The van der Waals surface area contributed by atoms with E-state index in [0.717, 1.165) is 54.8 Å². The van der Waals surface area contributed by atoms with Gasteiger partial charge < -0.3 is 10.4 Å². The lowest BCUT2D eigenvalue weighted by atomic mass is 10.1. The van der Waals surface area contributed by atoms with E-state index < -0.39 is 0 Å². The Morgan fingerprint density at radius 1 is 1.29 bits per heavy atom. The van der Waals surface area contributed by atoms with Crippen LogP contribution in [0.3, 0.4) is 0 Å². The Bertz CT molecular complexity index is 1010. The lowest BCUT2D eigenvalue weighted by Gasteiger charge is -2.30. The fraction of sp³-hybridized carbons (Fsp3) is 0.381. The van der Waals surface area contributed by atoms with Crippen LogP contribution < -0.4 is 5.32 Å². The molecule has 0 saturated carbocycles. The number of carbonyl (C=O) groups is 1. The first-order valence-electron chi connectivity index (χ1n) is 9.60. The molecule has 0 radical (unpaired) electrons. The SMILES string of the molecule is Cc1cc(C(=O)Nc2ccccc2CN2CCC(O)CC2)c2cnn(C)c2n1. The molecule has 2 N–H and O–H groups in total. The third kappa shape index (κ3) is 3.76. The second-order valence-electron chi connectivity index (χ2n) is 7.44. The van der Waals surface area contributed by atoms with Gasteiger partial charge in [-0.2, -0.15) is 5.10 Å². The average Bonchev–Trinajstić information content (AvgIpc) is 3.05. The van der Waals surface area contributed by atoms with Crippen LogP contribution in [0.1, 0.15) is 34.5 Å². The van der Waals surface area contributed by atoms with Crippen LogP contribution in [0.2, 0.25) is 0 Å². The zero-order chi connectivity index (χ0) is 19.7. The van der Waals surface area contributed by atoms with E-state index in [1.807, 2.05) is 38.2 Å². The maximum absolute atomic E-state index is 13.1. The number of aromatic nitrogens is 3. The zero-order valence-electron chi connectivity index (χ0n) is 16.2. The van der Waals surface area contributed by atoms with Gasteiger partial charge in [-0.1, -0.05) is 18.2 Å². The number of fused-ring (bicyclic) bond motifs is 1. The molecule has 2 aromatic heterocycles. The quantitative estimate of drug-likeness (QED) is 0.728. The largest absolute Gasteiger partial charge is 0.393 e. The molecule has 0 aliphatic carbocycles. The molecule has 1 amide bonds. The third-order valence-corrected chi connectivity index (χ3v) is 5.29. The van der Waals surface area contributed by atoms with Crippen molar-refractivity contribution in [1.82, 2.24) is 19.7 Å². The van der Waals surface area contributed by atoms with Gasteiger partial charge in [0.2, 0.25) is 0 Å². The van der Waals surface area contributed by atoms with Gasteiger partial charge in [0.1, 0.15) is 0 Å². The van der Waals surface area contributed by atoms with Gasteiger partial charge in [0.25, 0.3) is 5.91 Å². The molecule has 1 aromatic carbocycles. The Hall–Kier alpha value is -2.77. The molecular formula is C21H25N5O2. The van der Waals surface area contributed by atoms with Gasteiger partial charge in [-0.15, -0.1) is 0 Å². The van der Waals surface area contributed by atoms with Crippen molar-refractivity contribution in [2.45, 2.75) is 32.4 Å². The first-order chi connectivity index (χ1) is 13.5. The maximum atomic E-state index is 13.1. The number of pyridine rings is 1. The Kier molecular flexibility index (Phi) is 5.11. The minimum Gasteiger partial charge on any atom is -0.393 e. The molecule has 1 saturated heterocycles. The van der Waals surface area contributed by atoms with E-state index in [0.29, 0.717) is 11.2 Å². The highest BCUT2D eigenvalue weighted by Crippen LogP contribution is 2.23. The van der Waals surface area contributed by atoms with E-state index in [1.165, 1.54) is 0 Å². The van der Waals surface area contributed by atoms with Crippen LogP contribution in [-0.2, 0) is 13.6 Å². The number of aliphatic hydroxyl groups excluding tert-OH is 1. The van der Waals surface area contributed by atoms with Crippen LogP contribution in [0.25, 0.3) is 11.0 Å². The summed E-state index contributed by atoms with van der Waals surface area (Å²) in [6.07, 6.45) is 3.08. The molecule has 3 aromatic rings. The number of amides is 1. The number of piperidine rings is 1. The fourth-order valence-electron chi connectivity index (χ4n) is 3.72. The number of nitrogens with zero attached hydrogens (tertiary/aromatic N) is 4. The van der Waals surface area contributed by atoms with Crippen LogP contribution >= 0.6 is 0 Å². The summed E-state index contributed by atoms with van der Waals surface area (Å²) < 4.78 is 1.68. The molecule has 3 heterocycles. The van der Waals surface area contributed by atoms with Crippen molar-refractivity contribution in [3.63, 3.8) is 0 Å². The smallest absolute Gasteiger partial charge is 0.256 e. The number of rotatable bonds is 4. The van der Waals surface area contributed by atoms with Crippen molar-refractivity contribution in [2.75, 3.05) is 18.4 Å². The number of carbonyl (C=O) groups excluding carboxylic acids is 1. The van der Waals surface area contributed by atoms with Crippen LogP contribution in [-0.4, -0.2) is 49.9 Å². The van der Waals surface area contributed by atoms with Crippen LogP contribution in [0, 0.1) is 6.92 Å². The molecule has 1 fully saturated rings. The third-order valence-electron chi connectivity index (χ3n) is 5.29. The predicted molar refractivity (Wildman–Crippen MR) is 108 cm³/mol. The van der Waals surface area contributed by atoms with E-state index in [1.54, 1.807) is 16.9 Å². The van der Waals surface area contributed by atoms with Crippen LogP contribution in [0.4, 0.5) is 5.69 Å². The van der Waals surface area contributed by atoms with E-state index in [4.69, 9.17) is 0 Å². The van der Waals surface area contributed by atoms with Crippen LogP contribution in [0.15, 0.2) is 36.5 Å². The summed E-state index contributed by atoms with van der Waals surface area (Å²) in [5, 5.41) is 17.8. The number of anilines is 1. The number of aliphatic hydroxyl groups is 1. The molecule has 0 spiro atoms. The first-order valence-corrected chi connectivity index (χ1v) is 9.60. The fourth-order valence-corrected chi connectivity index (χ4v) is 3.72. The Morgan fingerprint density at radius 3 is 2.82 bits per heavy atom. The summed E-state index contributed by atoms with van der Waals surface area (Å²) in [4.78, 5) is 19.8. The summed E-state index contributed by atoms with van der Waals surface area (Å²) in [7, 11) is 1.82. The highest BCUT2D eigenvalue weighted by atomic mass is 16.3. The lowest BCUT2D eigenvalue weighted by Crippen LogP contribution is -2.35. The van der Waals surface area contributed by atoms with Gasteiger partial charge in [0.05, 0.1) is 23.3 Å². The normalized spacial score (nSPS) is 15.8. The van der Waals surface area contributed by atoms with Crippen molar-refractivity contribution in [1.29, 1.82) is 0 Å².